The zero-order valence-corrected chi connectivity index (χ0v) is 18.0. The molecule has 28 heavy (non-hydrogen) atoms. The average Bonchev–Trinajstić information content (AvgIpc) is 2.67. The summed E-state index contributed by atoms with van der Waals surface area (Å²) in [6.07, 6.45) is -0.0762. The van der Waals surface area contributed by atoms with E-state index in [-0.39, 0.29) is 11.8 Å². The van der Waals surface area contributed by atoms with Crippen LogP contribution in [-0.2, 0) is 9.53 Å². The molecule has 2 amide bonds. The maximum Gasteiger partial charge on any atom is 0.265 e. The van der Waals surface area contributed by atoms with E-state index >= 15 is 0 Å². The van der Waals surface area contributed by atoms with Crippen molar-refractivity contribution in [2.45, 2.75) is 19.4 Å². The highest BCUT2D eigenvalue weighted by atomic mass is 79.9. The van der Waals surface area contributed by atoms with Gasteiger partial charge in [0.15, 0.2) is 6.10 Å². The van der Waals surface area contributed by atoms with Crippen LogP contribution in [0.4, 0.5) is 5.69 Å². The van der Waals surface area contributed by atoms with Gasteiger partial charge in [-0.1, -0.05) is 23.7 Å². The SMILES string of the molecule is COCCCNC(=O)c1ccccc1NC(=O)C(C)Oc1ccc(Cl)cc1Br. The second-order valence-electron chi connectivity index (χ2n) is 5.97. The molecule has 6 nitrogen and oxygen atoms in total. The molecule has 0 heterocycles. The highest BCUT2D eigenvalue weighted by Gasteiger charge is 2.19. The fourth-order valence-corrected chi connectivity index (χ4v) is 3.13. The Morgan fingerprint density at radius 2 is 1.96 bits per heavy atom. The second kappa shape index (κ2) is 11.0. The summed E-state index contributed by atoms with van der Waals surface area (Å²) in [4.78, 5) is 24.9. The third-order valence-electron chi connectivity index (χ3n) is 3.81. The first-order valence-corrected chi connectivity index (χ1v) is 9.88. The predicted molar refractivity (Wildman–Crippen MR) is 113 cm³/mol. The molecule has 8 heteroatoms. The molecule has 1 atom stereocenters. The predicted octanol–water partition coefficient (Wildman–Crippen LogP) is 4.27. The Labute approximate surface area is 177 Å². The number of carbonyl (C=O) groups excluding carboxylic acids is 2. The molecule has 0 bridgehead atoms. The van der Waals surface area contributed by atoms with Gasteiger partial charge in [-0.05, 0) is 59.6 Å². The van der Waals surface area contributed by atoms with Crippen LogP contribution in [0.25, 0.3) is 0 Å². The molecule has 0 aliphatic rings. The standard InChI is InChI=1S/C20H22BrClN2O4/c1-13(28-18-9-8-14(22)12-16(18)21)19(25)24-17-7-4-3-6-15(17)20(26)23-10-5-11-27-2/h3-4,6-9,12-13H,5,10-11H2,1-2H3,(H,23,26)(H,24,25). The summed E-state index contributed by atoms with van der Waals surface area (Å²) in [6.45, 7) is 2.68. The normalized spacial score (nSPS) is 11.6. The van der Waals surface area contributed by atoms with Gasteiger partial charge in [0.25, 0.3) is 11.8 Å². The van der Waals surface area contributed by atoms with Crippen LogP contribution >= 0.6 is 27.5 Å². The van der Waals surface area contributed by atoms with Gasteiger partial charge in [-0.2, -0.15) is 0 Å². The molecule has 2 rings (SSSR count). The molecule has 2 N–H and O–H groups in total. The van der Waals surface area contributed by atoms with Crippen LogP contribution in [0.1, 0.15) is 23.7 Å². The van der Waals surface area contributed by atoms with Crippen LogP contribution < -0.4 is 15.4 Å². The second-order valence-corrected chi connectivity index (χ2v) is 7.26. The van der Waals surface area contributed by atoms with E-state index in [0.717, 1.165) is 0 Å². The van der Waals surface area contributed by atoms with E-state index in [1.165, 1.54) is 0 Å². The number of para-hydroxylation sites is 1. The first-order chi connectivity index (χ1) is 13.4. The van der Waals surface area contributed by atoms with Gasteiger partial charge in [0.05, 0.1) is 15.7 Å². The maximum atomic E-state index is 12.5. The van der Waals surface area contributed by atoms with Crippen molar-refractivity contribution in [2.75, 3.05) is 25.6 Å². The Morgan fingerprint density at radius 1 is 1.21 bits per heavy atom. The zero-order chi connectivity index (χ0) is 20.5. The Morgan fingerprint density at radius 3 is 2.68 bits per heavy atom. The number of anilines is 1. The fourth-order valence-electron chi connectivity index (χ4n) is 2.35. The molecule has 0 fully saturated rings. The van der Waals surface area contributed by atoms with Crippen molar-refractivity contribution in [3.8, 4) is 5.75 Å². The number of halogens is 2. The van der Waals surface area contributed by atoms with Gasteiger partial charge in [0.1, 0.15) is 5.75 Å². The largest absolute Gasteiger partial charge is 0.480 e. The Bertz CT molecular complexity index is 832. The van der Waals surface area contributed by atoms with Gasteiger partial charge in [0.2, 0.25) is 0 Å². The molecule has 0 spiro atoms. The highest BCUT2D eigenvalue weighted by molar-refractivity contribution is 9.10. The summed E-state index contributed by atoms with van der Waals surface area (Å²) < 4.78 is 11.3. The number of benzene rings is 2. The summed E-state index contributed by atoms with van der Waals surface area (Å²) in [7, 11) is 1.61. The molecule has 0 aliphatic heterocycles. The number of rotatable bonds is 9. The molecule has 150 valence electrons. The van der Waals surface area contributed by atoms with E-state index in [0.29, 0.717) is 46.1 Å². The van der Waals surface area contributed by atoms with Crippen molar-refractivity contribution in [1.29, 1.82) is 0 Å². The number of methoxy groups -OCH3 is 1. The smallest absolute Gasteiger partial charge is 0.265 e. The van der Waals surface area contributed by atoms with Crippen molar-refractivity contribution >= 4 is 45.0 Å². The monoisotopic (exact) mass is 468 g/mol. The molecule has 0 radical (unpaired) electrons. The lowest BCUT2D eigenvalue weighted by atomic mass is 10.1. The van der Waals surface area contributed by atoms with E-state index in [9.17, 15) is 9.59 Å². The summed E-state index contributed by atoms with van der Waals surface area (Å²) in [5.74, 6) is -0.140. The van der Waals surface area contributed by atoms with E-state index in [1.54, 1.807) is 56.5 Å². The minimum absolute atomic E-state index is 0.263. The summed E-state index contributed by atoms with van der Waals surface area (Å²) in [5.41, 5.74) is 0.801. The molecule has 2 aromatic carbocycles. The van der Waals surface area contributed by atoms with Gasteiger partial charge in [-0.3, -0.25) is 9.59 Å². The van der Waals surface area contributed by atoms with Crippen molar-refractivity contribution < 1.29 is 19.1 Å². The number of carbonyl (C=O) groups is 2. The van der Waals surface area contributed by atoms with Gasteiger partial charge in [0, 0.05) is 25.3 Å². The Balaban J connectivity index is 2.02. The summed E-state index contributed by atoms with van der Waals surface area (Å²) in [5, 5.41) is 6.12. The maximum absolute atomic E-state index is 12.5. The molecule has 2 aromatic rings. The van der Waals surface area contributed by atoms with Gasteiger partial charge < -0.3 is 20.1 Å². The number of ether oxygens (including phenoxy) is 2. The zero-order valence-electron chi connectivity index (χ0n) is 15.6. The first-order valence-electron chi connectivity index (χ1n) is 8.71. The quantitative estimate of drug-likeness (QED) is 0.538. The topological polar surface area (TPSA) is 76.7 Å². The minimum Gasteiger partial charge on any atom is -0.480 e. The summed E-state index contributed by atoms with van der Waals surface area (Å²) >= 11 is 9.27. The lowest BCUT2D eigenvalue weighted by Gasteiger charge is -2.17. The first kappa shape index (κ1) is 22.2. The number of amides is 2. The van der Waals surface area contributed by atoms with Crippen molar-refractivity contribution in [3.05, 3.63) is 57.5 Å². The third kappa shape index (κ3) is 6.51. The average molecular weight is 470 g/mol. The van der Waals surface area contributed by atoms with Gasteiger partial charge in [-0.15, -0.1) is 0 Å². The van der Waals surface area contributed by atoms with Crippen LogP contribution in [0.3, 0.4) is 0 Å². The molecule has 0 saturated carbocycles. The summed E-state index contributed by atoms with van der Waals surface area (Å²) in [6, 6.07) is 11.9. The van der Waals surface area contributed by atoms with Crippen molar-refractivity contribution in [3.63, 3.8) is 0 Å². The molecule has 0 saturated heterocycles. The molecule has 0 aliphatic carbocycles. The van der Waals surface area contributed by atoms with E-state index in [2.05, 4.69) is 26.6 Å². The molecule has 0 aromatic heterocycles. The van der Waals surface area contributed by atoms with Crippen LogP contribution in [0, 0.1) is 0 Å². The lowest BCUT2D eigenvalue weighted by Crippen LogP contribution is -2.32. The molecular formula is C20H22BrClN2O4. The minimum atomic E-state index is -0.782. The Kier molecular flexibility index (Phi) is 8.76. The number of hydrogen-bond donors (Lipinski definition) is 2. The Hall–Kier alpha value is -2.09. The third-order valence-corrected chi connectivity index (χ3v) is 4.66. The van der Waals surface area contributed by atoms with E-state index < -0.39 is 6.10 Å². The number of hydrogen-bond acceptors (Lipinski definition) is 4. The highest BCUT2D eigenvalue weighted by Crippen LogP contribution is 2.29. The molecule has 1 unspecified atom stereocenters. The molecular weight excluding hydrogens is 448 g/mol. The van der Waals surface area contributed by atoms with E-state index in [4.69, 9.17) is 21.1 Å². The van der Waals surface area contributed by atoms with Crippen molar-refractivity contribution in [2.24, 2.45) is 0 Å². The van der Waals surface area contributed by atoms with Gasteiger partial charge in [-0.25, -0.2) is 0 Å². The van der Waals surface area contributed by atoms with Crippen LogP contribution in [-0.4, -0.2) is 38.2 Å². The van der Waals surface area contributed by atoms with E-state index in [1.807, 2.05) is 0 Å². The van der Waals surface area contributed by atoms with Crippen molar-refractivity contribution in [1.82, 2.24) is 5.32 Å². The fraction of sp³-hybridized carbons (Fsp3) is 0.300. The van der Waals surface area contributed by atoms with Crippen LogP contribution in [0.5, 0.6) is 5.75 Å². The lowest BCUT2D eigenvalue weighted by molar-refractivity contribution is -0.122. The van der Waals surface area contributed by atoms with Gasteiger partial charge >= 0.3 is 0 Å². The van der Waals surface area contributed by atoms with Crippen LogP contribution in [0.15, 0.2) is 46.9 Å². The van der Waals surface area contributed by atoms with Crippen LogP contribution in [0.2, 0.25) is 5.02 Å². The number of nitrogens with one attached hydrogen (secondary N) is 2.